The molecular weight excluding hydrogens is 240 g/mol. The third-order valence-corrected chi connectivity index (χ3v) is 3.60. The highest BCUT2D eigenvalue weighted by molar-refractivity contribution is 5.85. The van der Waals surface area contributed by atoms with Gasteiger partial charge in [-0.2, -0.15) is 0 Å². The van der Waals surface area contributed by atoms with Gasteiger partial charge in [-0.25, -0.2) is 0 Å². The Kier molecular flexibility index (Phi) is 6.23. The van der Waals surface area contributed by atoms with Crippen molar-refractivity contribution in [2.75, 3.05) is 26.3 Å². The summed E-state index contributed by atoms with van der Waals surface area (Å²) >= 11 is 0. The minimum absolute atomic E-state index is 0. The number of morpholine rings is 1. The topological polar surface area (TPSA) is 41.6 Å². The molecule has 0 bridgehead atoms. The van der Waals surface area contributed by atoms with Crippen molar-refractivity contribution in [3.8, 4) is 0 Å². The fraction of sp³-hybridized carbons (Fsp3) is 0.917. The van der Waals surface area contributed by atoms with Gasteiger partial charge < -0.3 is 15.0 Å². The molecule has 2 fully saturated rings. The molecule has 2 rings (SSSR count). The number of nitrogens with one attached hydrogen (secondary N) is 1. The quantitative estimate of drug-likeness (QED) is 0.828. The van der Waals surface area contributed by atoms with Gasteiger partial charge in [-0.1, -0.05) is 0 Å². The maximum absolute atomic E-state index is 12.1. The van der Waals surface area contributed by atoms with E-state index < -0.39 is 0 Å². The molecule has 1 atom stereocenters. The minimum atomic E-state index is 0. The first-order valence-corrected chi connectivity index (χ1v) is 6.42. The van der Waals surface area contributed by atoms with Gasteiger partial charge in [-0.3, -0.25) is 4.79 Å². The second-order valence-electron chi connectivity index (χ2n) is 4.69. The monoisotopic (exact) mass is 262 g/mol. The predicted octanol–water partition coefficient (Wildman–Crippen LogP) is 1.19. The second kappa shape index (κ2) is 7.19. The van der Waals surface area contributed by atoms with E-state index >= 15 is 0 Å². The Morgan fingerprint density at radius 3 is 2.71 bits per heavy atom. The number of hydrogen-bond acceptors (Lipinski definition) is 3. The van der Waals surface area contributed by atoms with Crippen LogP contribution in [0.15, 0.2) is 0 Å². The predicted molar refractivity (Wildman–Crippen MR) is 69.5 cm³/mol. The summed E-state index contributed by atoms with van der Waals surface area (Å²) in [5, 5.41) is 3.33. The molecule has 1 heterocycles. The third kappa shape index (κ3) is 3.83. The van der Waals surface area contributed by atoms with Crippen LogP contribution in [-0.2, 0) is 9.53 Å². The molecule has 1 saturated heterocycles. The molecule has 100 valence electrons. The summed E-state index contributed by atoms with van der Waals surface area (Å²) < 4.78 is 5.36. The summed E-state index contributed by atoms with van der Waals surface area (Å²) in [5.41, 5.74) is 0. The first-order chi connectivity index (χ1) is 7.81. The lowest BCUT2D eigenvalue weighted by Gasteiger charge is -2.38. The average Bonchev–Trinajstić information content (AvgIpc) is 2.24. The highest BCUT2D eigenvalue weighted by Gasteiger charge is 2.29. The van der Waals surface area contributed by atoms with Gasteiger partial charge in [0, 0.05) is 31.6 Å². The SMILES string of the molecule is CCN(C(=O)CC1COCCN1)C1CCC1.Cl. The Morgan fingerprint density at radius 1 is 1.47 bits per heavy atom. The van der Waals surface area contributed by atoms with Crippen LogP contribution in [0.4, 0.5) is 0 Å². The van der Waals surface area contributed by atoms with E-state index in [0.717, 1.165) is 19.7 Å². The number of amides is 1. The zero-order chi connectivity index (χ0) is 11.4. The number of carbonyl (C=O) groups is 1. The van der Waals surface area contributed by atoms with Crippen LogP contribution in [0, 0.1) is 0 Å². The van der Waals surface area contributed by atoms with Crippen LogP contribution >= 0.6 is 12.4 Å². The van der Waals surface area contributed by atoms with Crippen molar-refractivity contribution in [2.45, 2.75) is 44.7 Å². The Labute approximate surface area is 109 Å². The Hall–Kier alpha value is -0.320. The van der Waals surface area contributed by atoms with Crippen molar-refractivity contribution >= 4 is 18.3 Å². The average molecular weight is 263 g/mol. The van der Waals surface area contributed by atoms with E-state index in [1.807, 2.05) is 4.90 Å². The van der Waals surface area contributed by atoms with Gasteiger partial charge in [0.2, 0.25) is 5.91 Å². The normalized spacial score (nSPS) is 24.6. The number of rotatable bonds is 4. The van der Waals surface area contributed by atoms with E-state index in [2.05, 4.69) is 12.2 Å². The van der Waals surface area contributed by atoms with E-state index in [1.165, 1.54) is 19.3 Å². The standard InChI is InChI=1S/C12H22N2O2.ClH/c1-2-14(11-4-3-5-11)12(15)8-10-9-16-7-6-13-10;/h10-11,13H,2-9H2,1H3;1H. The zero-order valence-electron chi connectivity index (χ0n) is 10.5. The van der Waals surface area contributed by atoms with Gasteiger partial charge >= 0.3 is 0 Å². The third-order valence-electron chi connectivity index (χ3n) is 3.60. The number of ether oxygens (including phenoxy) is 1. The first-order valence-electron chi connectivity index (χ1n) is 6.42. The molecule has 1 saturated carbocycles. The van der Waals surface area contributed by atoms with Crippen LogP contribution in [0.3, 0.4) is 0 Å². The van der Waals surface area contributed by atoms with Crippen molar-refractivity contribution < 1.29 is 9.53 Å². The van der Waals surface area contributed by atoms with E-state index in [9.17, 15) is 4.79 Å². The molecule has 2 aliphatic rings. The molecule has 17 heavy (non-hydrogen) atoms. The van der Waals surface area contributed by atoms with Crippen molar-refractivity contribution in [3.63, 3.8) is 0 Å². The zero-order valence-corrected chi connectivity index (χ0v) is 11.3. The first kappa shape index (κ1) is 14.7. The molecule has 0 aromatic heterocycles. The second-order valence-corrected chi connectivity index (χ2v) is 4.69. The highest BCUT2D eigenvalue weighted by Crippen LogP contribution is 2.25. The summed E-state index contributed by atoms with van der Waals surface area (Å²) in [4.78, 5) is 14.1. The molecule has 5 heteroatoms. The smallest absolute Gasteiger partial charge is 0.224 e. The van der Waals surface area contributed by atoms with Crippen LogP contribution < -0.4 is 5.32 Å². The molecule has 0 aromatic rings. The van der Waals surface area contributed by atoms with Crippen LogP contribution in [0.1, 0.15) is 32.6 Å². The van der Waals surface area contributed by atoms with Gasteiger partial charge in [-0.05, 0) is 26.2 Å². The maximum Gasteiger partial charge on any atom is 0.224 e. The summed E-state index contributed by atoms with van der Waals surface area (Å²) in [7, 11) is 0. The Morgan fingerprint density at radius 2 is 2.24 bits per heavy atom. The molecule has 4 nitrogen and oxygen atoms in total. The molecule has 0 aromatic carbocycles. The number of nitrogens with zero attached hydrogens (tertiary/aromatic N) is 1. The Bertz CT molecular complexity index is 241. The molecule has 1 N–H and O–H groups in total. The minimum Gasteiger partial charge on any atom is -0.378 e. The fourth-order valence-electron chi connectivity index (χ4n) is 2.42. The van der Waals surface area contributed by atoms with Gasteiger partial charge in [0.1, 0.15) is 0 Å². The van der Waals surface area contributed by atoms with Crippen LogP contribution in [-0.4, -0.2) is 49.2 Å². The molecule has 0 spiro atoms. The Balaban J connectivity index is 0.00000144. The molecule has 1 unspecified atom stereocenters. The lowest BCUT2D eigenvalue weighted by molar-refractivity contribution is -0.136. The highest BCUT2D eigenvalue weighted by atomic mass is 35.5. The number of hydrogen-bond donors (Lipinski definition) is 1. The molecule has 0 radical (unpaired) electrons. The van der Waals surface area contributed by atoms with Crippen LogP contribution in [0.25, 0.3) is 0 Å². The van der Waals surface area contributed by atoms with E-state index in [0.29, 0.717) is 19.1 Å². The molecule has 1 aliphatic heterocycles. The summed E-state index contributed by atoms with van der Waals surface area (Å²) in [6.07, 6.45) is 4.24. The molecule has 1 aliphatic carbocycles. The summed E-state index contributed by atoms with van der Waals surface area (Å²) in [6, 6.07) is 0.734. The van der Waals surface area contributed by atoms with Crippen molar-refractivity contribution in [3.05, 3.63) is 0 Å². The van der Waals surface area contributed by atoms with Gasteiger partial charge in [0.25, 0.3) is 0 Å². The van der Waals surface area contributed by atoms with Gasteiger partial charge in [0.15, 0.2) is 0 Å². The molecular formula is C12H23ClN2O2. The van der Waals surface area contributed by atoms with Crippen molar-refractivity contribution in [1.29, 1.82) is 0 Å². The maximum atomic E-state index is 12.1. The van der Waals surface area contributed by atoms with Gasteiger partial charge in [-0.15, -0.1) is 12.4 Å². The van der Waals surface area contributed by atoms with Crippen molar-refractivity contribution in [1.82, 2.24) is 10.2 Å². The van der Waals surface area contributed by atoms with E-state index in [-0.39, 0.29) is 24.4 Å². The number of halogens is 1. The lowest BCUT2D eigenvalue weighted by Crippen LogP contribution is -2.49. The lowest BCUT2D eigenvalue weighted by atomic mass is 9.91. The van der Waals surface area contributed by atoms with E-state index in [1.54, 1.807) is 0 Å². The molecule has 1 amide bonds. The van der Waals surface area contributed by atoms with Crippen molar-refractivity contribution in [2.24, 2.45) is 0 Å². The summed E-state index contributed by atoms with van der Waals surface area (Å²) in [6.45, 7) is 5.23. The number of carbonyl (C=O) groups excluding carboxylic acids is 1. The largest absolute Gasteiger partial charge is 0.378 e. The van der Waals surface area contributed by atoms with Gasteiger partial charge in [0.05, 0.1) is 13.2 Å². The van der Waals surface area contributed by atoms with E-state index in [4.69, 9.17) is 4.74 Å². The summed E-state index contributed by atoms with van der Waals surface area (Å²) in [5.74, 6) is 0.287. The fourth-order valence-corrected chi connectivity index (χ4v) is 2.42. The van der Waals surface area contributed by atoms with Crippen LogP contribution in [0.5, 0.6) is 0 Å². The van der Waals surface area contributed by atoms with Crippen LogP contribution in [0.2, 0.25) is 0 Å².